The van der Waals surface area contributed by atoms with Crippen LogP contribution in [0.1, 0.15) is 50.3 Å². The minimum absolute atomic E-state index is 0.313. The summed E-state index contributed by atoms with van der Waals surface area (Å²) in [6, 6.07) is 6.22. The largest absolute Gasteiger partial charge is 0.388 e. The second-order valence-electron chi connectivity index (χ2n) is 6.13. The summed E-state index contributed by atoms with van der Waals surface area (Å²) >= 11 is 3.55. The Balaban J connectivity index is 2.14. The zero-order chi connectivity index (χ0) is 13.3. The van der Waals surface area contributed by atoms with E-state index in [2.05, 4.69) is 54.9 Å². The van der Waals surface area contributed by atoms with Gasteiger partial charge in [-0.05, 0) is 61.1 Å². The summed E-state index contributed by atoms with van der Waals surface area (Å²) in [7, 11) is 0. The van der Waals surface area contributed by atoms with Crippen LogP contribution in [-0.4, -0.2) is 5.11 Å². The molecule has 0 heterocycles. The number of hydrogen-bond acceptors (Lipinski definition) is 1. The second-order valence-corrected chi connectivity index (χ2v) is 6.99. The molecular formula is C16H23BrO. The number of aryl methyl sites for hydroxylation is 1. The standard InChI is InChI=1S/C16H23BrO/c1-10-6-11(2)8-14(7-10)16(18)13-5-4-12(3)15(17)9-13/h4-5,9-11,14,16,18H,6-8H2,1-3H3. The normalized spacial score (nSPS) is 30.2. The Morgan fingerprint density at radius 3 is 2.33 bits per heavy atom. The maximum Gasteiger partial charge on any atom is 0.0818 e. The molecule has 0 radical (unpaired) electrons. The van der Waals surface area contributed by atoms with Crippen molar-refractivity contribution in [2.45, 2.75) is 46.1 Å². The summed E-state index contributed by atoms with van der Waals surface area (Å²) in [5, 5.41) is 10.6. The van der Waals surface area contributed by atoms with Gasteiger partial charge in [0.1, 0.15) is 0 Å². The molecule has 2 heteroatoms. The van der Waals surface area contributed by atoms with Crippen LogP contribution in [0.2, 0.25) is 0 Å². The number of rotatable bonds is 2. The molecule has 0 spiro atoms. The molecule has 3 unspecified atom stereocenters. The van der Waals surface area contributed by atoms with Crippen molar-refractivity contribution < 1.29 is 5.11 Å². The van der Waals surface area contributed by atoms with Crippen molar-refractivity contribution >= 4 is 15.9 Å². The van der Waals surface area contributed by atoms with E-state index in [1.54, 1.807) is 0 Å². The van der Waals surface area contributed by atoms with Gasteiger partial charge in [0.2, 0.25) is 0 Å². The third kappa shape index (κ3) is 3.16. The maximum absolute atomic E-state index is 10.6. The molecule has 2 rings (SSSR count). The lowest BCUT2D eigenvalue weighted by atomic mass is 9.73. The molecule has 0 bridgehead atoms. The molecule has 0 saturated heterocycles. The van der Waals surface area contributed by atoms with Gasteiger partial charge in [0.15, 0.2) is 0 Å². The van der Waals surface area contributed by atoms with Crippen LogP contribution < -0.4 is 0 Å². The number of aliphatic hydroxyl groups is 1. The molecular weight excluding hydrogens is 288 g/mol. The number of halogens is 1. The van der Waals surface area contributed by atoms with Crippen LogP contribution in [0, 0.1) is 24.7 Å². The van der Waals surface area contributed by atoms with Crippen LogP contribution in [0.4, 0.5) is 0 Å². The van der Waals surface area contributed by atoms with E-state index in [9.17, 15) is 5.11 Å². The lowest BCUT2D eigenvalue weighted by Gasteiger charge is -2.34. The zero-order valence-electron chi connectivity index (χ0n) is 11.5. The summed E-state index contributed by atoms with van der Waals surface area (Å²) in [6.45, 7) is 6.69. The monoisotopic (exact) mass is 310 g/mol. The van der Waals surface area contributed by atoms with Crippen LogP contribution >= 0.6 is 15.9 Å². The van der Waals surface area contributed by atoms with Crippen LogP contribution in [0.3, 0.4) is 0 Å². The van der Waals surface area contributed by atoms with E-state index in [0.717, 1.165) is 34.7 Å². The highest BCUT2D eigenvalue weighted by molar-refractivity contribution is 9.10. The Morgan fingerprint density at radius 1 is 1.17 bits per heavy atom. The van der Waals surface area contributed by atoms with Crippen LogP contribution in [0.5, 0.6) is 0 Å². The van der Waals surface area contributed by atoms with E-state index in [1.807, 2.05) is 0 Å². The molecule has 3 atom stereocenters. The van der Waals surface area contributed by atoms with Gasteiger partial charge < -0.3 is 5.11 Å². The average Bonchev–Trinajstić information content (AvgIpc) is 2.30. The third-order valence-corrected chi connectivity index (χ3v) is 5.05. The second kappa shape index (κ2) is 5.75. The average molecular weight is 311 g/mol. The van der Waals surface area contributed by atoms with Gasteiger partial charge in [0, 0.05) is 4.47 Å². The molecule has 1 aliphatic rings. The predicted octanol–water partition coefficient (Wildman–Crippen LogP) is 4.86. The zero-order valence-corrected chi connectivity index (χ0v) is 13.1. The fraction of sp³-hybridized carbons (Fsp3) is 0.625. The molecule has 1 nitrogen and oxygen atoms in total. The van der Waals surface area contributed by atoms with Crippen LogP contribution in [0.15, 0.2) is 22.7 Å². The quantitative estimate of drug-likeness (QED) is 0.826. The first kappa shape index (κ1) is 14.1. The molecule has 1 aromatic carbocycles. The van der Waals surface area contributed by atoms with Crippen molar-refractivity contribution in [3.63, 3.8) is 0 Å². The minimum atomic E-state index is -0.313. The Hall–Kier alpha value is -0.340. The van der Waals surface area contributed by atoms with Crippen molar-refractivity contribution in [1.82, 2.24) is 0 Å². The first-order valence-electron chi connectivity index (χ1n) is 6.91. The molecule has 0 aromatic heterocycles. The van der Waals surface area contributed by atoms with Gasteiger partial charge in [-0.25, -0.2) is 0 Å². The molecule has 100 valence electrons. The van der Waals surface area contributed by atoms with Crippen molar-refractivity contribution in [3.05, 3.63) is 33.8 Å². The van der Waals surface area contributed by atoms with Gasteiger partial charge in [-0.2, -0.15) is 0 Å². The van der Waals surface area contributed by atoms with Crippen molar-refractivity contribution in [1.29, 1.82) is 0 Å². The van der Waals surface area contributed by atoms with Gasteiger partial charge in [-0.3, -0.25) is 0 Å². The summed E-state index contributed by atoms with van der Waals surface area (Å²) < 4.78 is 1.09. The van der Waals surface area contributed by atoms with E-state index in [1.165, 1.54) is 12.0 Å². The van der Waals surface area contributed by atoms with E-state index < -0.39 is 0 Å². The first-order chi connectivity index (χ1) is 8.47. The summed E-state index contributed by atoms with van der Waals surface area (Å²) in [6.07, 6.45) is 3.29. The Labute approximate surface area is 119 Å². The topological polar surface area (TPSA) is 20.2 Å². The number of aliphatic hydroxyl groups excluding tert-OH is 1. The number of benzene rings is 1. The van der Waals surface area contributed by atoms with E-state index in [4.69, 9.17) is 0 Å². The van der Waals surface area contributed by atoms with E-state index >= 15 is 0 Å². The summed E-state index contributed by atoms with van der Waals surface area (Å²) in [4.78, 5) is 0. The third-order valence-electron chi connectivity index (χ3n) is 4.20. The van der Waals surface area contributed by atoms with Gasteiger partial charge in [0.05, 0.1) is 6.10 Å². The molecule has 0 amide bonds. The predicted molar refractivity (Wildman–Crippen MR) is 79.5 cm³/mol. The van der Waals surface area contributed by atoms with E-state index in [-0.39, 0.29) is 6.10 Å². The fourth-order valence-corrected chi connectivity index (χ4v) is 3.73. The SMILES string of the molecule is Cc1ccc(C(O)C2CC(C)CC(C)C2)cc1Br. The highest BCUT2D eigenvalue weighted by Gasteiger charge is 2.29. The highest BCUT2D eigenvalue weighted by Crippen LogP contribution is 2.40. The number of hydrogen-bond donors (Lipinski definition) is 1. The molecule has 0 aliphatic heterocycles. The summed E-state index contributed by atoms with van der Waals surface area (Å²) in [5.41, 5.74) is 2.27. The van der Waals surface area contributed by atoms with Gasteiger partial charge >= 0.3 is 0 Å². The molecule has 1 N–H and O–H groups in total. The van der Waals surface area contributed by atoms with Crippen LogP contribution in [-0.2, 0) is 0 Å². The molecule has 1 aliphatic carbocycles. The van der Waals surface area contributed by atoms with Crippen molar-refractivity contribution in [2.24, 2.45) is 17.8 Å². The van der Waals surface area contributed by atoms with Gasteiger partial charge in [-0.1, -0.05) is 41.9 Å². The Bertz CT molecular complexity index is 406. The van der Waals surface area contributed by atoms with Crippen molar-refractivity contribution in [2.75, 3.05) is 0 Å². The first-order valence-corrected chi connectivity index (χ1v) is 7.70. The molecule has 1 saturated carbocycles. The van der Waals surface area contributed by atoms with Gasteiger partial charge in [0.25, 0.3) is 0 Å². The fourth-order valence-electron chi connectivity index (χ4n) is 3.33. The minimum Gasteiger partial charge on any atom is -0.388 e. The highest BCUT2D eigenvalue weighted by atomic mass is 79.9. The lowest BCUT2D eigenvalue weighted by Crippen LogP contribution is -2.24. The maximum atomic E-state index is 10.6. The smallest absolute Gasteiger partial charge is 0.0818 e. The molecule has 1 aromatic rings. The Kier molecular flexibility index (Phi) is 4.50. The van der Waals surface area contributed by atoms with Crippen molar-refractivity contribution in [3.8, 4) is 0 Å². The van der Waals surface area contributed by atoms with Crippen LogP contribution in [0.25, 0.3) is 0 Å². The summed E-state index contributed by atoms with van der Waals surface area (Å²) in [5.74, 6) is 1.89. The van der Waals surface area contributed by atoms with Gasteiger partial charge in [-0.15, -0.1) is 0 Å². The lowest BCUT2D eigenvalue weighted by molar-refractivity contribution is 0.0551. The Morgan fingerprint density at radius 2 is 1.78 bits per heavy atom. The molecule has 1 fully saturated rings. The van der Waals surface area contributed by atoms with E-state index in [0.29, 0.717) is 5.92 Å². The molecule has 18 heavy (non-hydrogen) atoms.